The predicted octanol–water partition coefficient (Wildman–Crippen LogP) is 6.46. The molecule has 0 saturated carbocycles. The number of nitrogens with zero attached hydrogens (tertiary/aromatic N) is 2. The Bertz CT molecular complexity index is 1290. The third kappa shape index (κ3) is 3.58. The van der Waals surface area contributed by atoms with Gasteiger partial charge in [-0.25, -0.2) is 0 Å². The molecule has 0 bridgehead atoms. The van der Waals surface area contributed by atoms with E-state index in [9.17, 15) is 0 Å². The lowest BCUT2D eigenvalue weighted by atomic mass is 10.0. The van der Waals surface area contributed by atoms with Gasteiger partial charge in [-0.15, -0.1) is 0 Å². The smallest absolute Gasteiger partial charge is 0.0927 e. The van der Waals surface area contributed by atoms with Crippen molar-refractivity contribution in [2.75, 3.05) is 0 Å². The van der Waals surface area contributed by atoms with Gasteiger partial charge in [0.05, 0.1) is 11.2 Å². The minimum Gasteiger partial charge on any atom is -0.277 e. The number of hydrogen-bond donors (Lipinski definition) is 1. The molecule has 0 saturated heterocycles. The Morgan fingerprint density at radius 3 is 2.24 bits per heavy atom. The normalized spacial score (nSPS) is 11.3. The van der Waals surface area contributed by atoms with Crippen molar-refractivity contribution in [1.82, 2.24) is 15.2 Å². The van der Waals surface area contributed by atoms with E-state index >= 15 is 0 Å². The second-order valence-corrected chi connectivity index (χ2v) is 6.93. The summed E-state index contributed by atoms with van der Waals surface area (Å²) in [6.45, 7) is 0. The highest BCUT2D eigenvalue weighted by Gasteiger charge is 2.05. The van der Waals surface area contributed by atoms with Gasteiger partial charge in [0.2, 0.25) is 0 Å². The fraction of sp³-hybridized carbons (Fsp3) is 0. The van der Waals surface area contributed by atoms with Crippen molar-refractivity contribution in [2.24, 2.45) is 0 Å². The van der Waals surface area contributed by atoms with Crippen LogP contribution in [-0.4, -0.2) is 15.2 Å². The largest absolute Gasteiger partial charge is 0.277 e. The van der Waals surface area contributed by atoms with E-state index < -0.39 is 0 Å². The Morgan fingerprint density at radius 1 is 0.621 bits per heavy atom. The topological polar surface area (TPSA) is 41.6 Å². The second-order valence-electron chi connectivity index (χ2n) is 6.93. The first-order chi connectivity index (χ1) is 14.4. The Morgan fingerprint density at radius 2 is 1.38 bits per heavy atom. The molecule has 0 aliphatic rings. The minimum absolute atomic E-state index is 0.936. The van der Waals surface area contributed by atoms with Crippen LogP contribution in [0.25, 0.3) is 45.3 Å². The van der Waals surface area contributed by atoms with Gasteiger partial charge in [0.1, 0.15) is 0 Å². The van der Waals surface area contributed by atoms with E-state index in [0.29, 0.717) is 0 Å². The zero-order valence-electron chi connectivity index (χ0n) is 15.8. The van der Waals surface area contributed by atoms with E-state index in [-0.39, 0.29) is 0 Å². The molecular weight excluding hydrogens is 354 g/mol. The number of fused-ring (bicyclic) bond motifs is 1. The van der Waals surface area contributed by atoms with Crippen LogP contribution in [0, 0.1) is 0 Å². The van der Waals surface area contributed by atoms with Crippen molar-refractivity contribution >= 4 is 23.1 Å². The molecule has 0 amide bonds. The highest BCUT2D eigenvalue weighted by atomic mass is 15.1. The molecule has 0 aliphatic heterocycles. The first-order valence-electron chi connectivity index (χ1n) is 9.59. The van der Waals surface area contributed by atoms with E-state index in [2.05, 4.69) is 94.1 Å². The molecule has 3 nitrogen and oxygen atoms in total. The predicted molar refractivity (Wildman–Crippen MR) is 120 cm³/mol. The molecule has 138 valence electrons. The van der Waals surface area contributed by atoms with E-state index in [4.69, 9.17) is 0 Å². The number of H-pyrrole nitrogens is 1. The molecule has 0 spiro atoms. The highest BCUT2D eigenvalue weighted by Crippen LogP contribution is 2.26. The van der Waals surface area contributed by atoms with Gasteiger partial charge in [0.25, 0.3) is 0 Å². The van der Waals surface area contributed by atoms with Crippen LogP contribution in [-0.2, 0) is 0 Å². The Labute approximate surface area is 169 Å². The van der Waals surface area contributed by atoms with Gasteiger partial charge in [0.15, 0.2) is 0 Å². The third-order valence-electron chi connectivity index (χ3n) is 5.03. The molecule has 2 heterocycles. The molecule has 5 aromatic rings. The summed E-state index contributed by atoms with van der Waals surface area (Å²) in [4.78, 5) is 4.09. The lowest BCUT2D eigenvalue weighted by Crippen LogP contribution is -1.80. The molecule has 1 N–H and O–H groups in total. The number of aromatic nitrogens is 3. The van der Waals surface area contributed by atoms with E-state index in [0.717, 1.165) is 33.3 Å². The number of pyridine rings is 1. The number of hydrogen-bond acceptors (Lipinski definition) is 2. The highest BCUT2D eigenvalue weighted by molar-refractivity contribution is 5.92. The summed E-state index contributed by atoms with van der Waals surface area (Å²) in [6, 6.07) is 29.4. The van der Waals surface area contributed by atoms with E-state index in [1.165, 1.54) is 11.1 Å². The number of benzene rings is 3. The lowest BCUT2D eigenvalue weighted by Gasteiger charge is -2.02. The minimum atomic E-state index is 0.936. The van der Waals surface area contributed by atoms with Crippen LogP contribution < -0.4 is 0 Å². The van der Waals surface area contributed by atoms with Crippen LogP contribution in [0.4, 0.5) is 0 Å². The van der Waals surface area contributed by atoms with Gasteiger partial charge in [-0.3, -0.25) is 10.1 Å². The maximum Gasteiger partial charge on any atom is 0.0927 e. The standard InChI is InChI=1S/C26H19N3/c1-2-6-20(7-3-1)22-8-4-5-19(17-22)9-12-25-24-11-10-23(18-26(24)29-28-25)21-13-15-27-16-14-21/h1-18H,(H,28,29). The summed E-state index contributed by atoms with van der Waals surface area (Å²) in [7, 11) is 0. The number of rotatable bonds is 4. The lowest BCUT2D eigenvalue weighted by molar-refractivity contribution is 1.11. The maximum atomic E-state index is 4.50. The van der Waals surface area contributed by atoms with Gasteiger partial charge < -0.3 is 0 Å². The van der Waals surface area contributed by atoms with E-state index in [1.54, 1.807) is 0 Å². The fourth-order valence-corrected chi connectivity index (χ4v) is 3.52. The van der Waals surface area contributed by atoms with Crippen LogP contribution in [0.1, 0.15) is 11.3 Å². The SMILES string of the molecule is C(=Cc1n[nH]c2cc(-c3ccncc3)ccc12)c1cccc(-c2ccccc2)c1. The van der Waals surface area contributed by atoms with Gasteiger partial charge in [-0.05, 0) is 64.2 Å². The number of aromatic amines is 1. The average Bonchev–Trinajstić information content (AvgIpc) is 3.21. The average molecular weight is 373 g/mol. The summed E-state index contributed by atoms with van der Waals surface area (Å²) in [5, 5.41) is 8.77. The van der Waals surface area contributed by atoms with Crippen LogP contribution >= 0.6 is 0 Å². The third-order valence-corrected chi connectivity index (χ3v) is 5.03. The summed E-state index contributed by atoms with van der Waals surface area (Å²) >= 11 is 0. The molecule has 0 atom stereocenters. The van der Waals surface area contributed by atoms with Crippen molar-refractivity contribution in [2.45, 2.75) is 0 Å². The van der Waals surface area contributed by atoms with Gasteiger partial charge in [0, 0.05) is 17.8 Å². The summed E-state index contributed by atoms with van der Waals surface area (Å²) in [5.41, 5.74) is 7.83. The van der Waals surface area contributed by atoms with Crippen LogP contribution in [0.2, 0.25) is 0 Å². The molecule has 3 aromatic carbocycles. The zero-order valence-corrected chi connectivity index (χ0v) is 15.8. The molecule has 0 unspecified atom stereocenters. The molecule has 3 heteroatoms. The van der Waals surface area contributed by atoms with Crippen molar-refractivity contribution in [3.63, 3.8) is 0 Å². The Kier molecular flexibility index (Phi) is 4.47. The maximum absolute atomic E-state index is 4.50. The molecular formula is C26H19N3. The Hall–Kier alpha value is -3.98. The molecule has 0 radical (unpaired) electrons. The number of nitrogens with one attached hydrogen (secondary N) is 1. The monoisotopic (exact) mass is 373 g/mol. The van der Waals surface area contributed by atoms with Gasteiger partial charge in [-0.1, -0.05) is 60.7 Å². The molecule has 29 heavy (non-hydrogen) atoms. The van der Waals surface area contributed by atoms with Gasteiger partial charge >= 0.3 is 0 Å². The first kappa shape index (κ1) is 17.1. The molecule has 0 aliphatic carbocycles. The van der Waals surface area contributed by atoms with Crippen molar-refractivity contribution in [3.8, 4) is 22.3 Å². The van der Waals surface area contributed by atoms with Crippen molar-refractivity contribution in [3.05, 3.63) is 109 Å². The first-order valence-corrected chi connectivity index (χ1v) is 9.59. The quantitative estimate of drug-likeness (QED) is 0.393. The van der Waals surface area contributed by atoms with Gasteiger partial charge in [-0.2, -0.15) is 5.10 Å². The second kappa shape index (κ2) is 7.56. The molecule has 0 fully saturated rings. The van der Waals surface area contributed by atoms with Crippen LogP contribution in [0.15, 0.2) is 97.3 Å². The van der Waals surface area contributed by atoms with Crippen LogP contribution in [0.3, 0.4) is 0 Å². The molecule has 5 rings (SSSR count). The summed E-state index contributed by atoms with van der Waals surface area (Å²) in [6.07, 6.45) is 7.79. The summed E-state index contributed by atoms with van der Waals surface area (Å²) < 4.78 is 0. The zero-order chi connectivity index (χ0) is 19.5. The fourth-order valence-electron chi connectivity index (χ4n) is 3.52. The molecule has 2 aromatic heterocycles. The Balaban J connectivity index is 1.44. The summed E-state index contributed by atoms with van der Waals surface area (Å²) in [5.74, 6) is 0. The van der Waals surface area contributed by atoms with Crippen LogP contribution in [0.5, 0.6) is 0 Å². The van der Waals surface area contributed by atoms with E-state index in [1.807, 2.05) is 30.6 Å². The van der Waals surface area contributed by atoms with Crippen molar-refractivity contribution < 1.29 is 0 Å². The van der Waals surface area contributed by atoms with Crippen molar-refractivity contribution in [1.29, 1.82) is 0 Å².